The predicted octanol–water partition coefficient (Wildman–Crippen LogP) is 2.19. The van der Waals surface area contributed by atoms with Gasteiger partial charge in [-0.2, -0.15) is 0 Å². The van der Waals surface area contributed by atoms with Crippen LogP contribution in [0.3, 0.4) is 0 Å². The Morgan fingerprint density at radius 3 is 2.96 bits per heavy atom. The maximum atomic E-state index is 12.9. The number of β-amino-alcohol motifs (C(OH)–C–C–N with tert-alkyl or cyclic N) is 1. The van der Waals surface area contributed by atoms with E-state index in [1.807, 2.05) is 0 Å². The number of rotatable bonds is 4. The molecule has 1 aliphatic heterocycles. The standard InChI is InChI=1S/C17H20FN3O3/c18-13-5-3-12(4-6-13)16-20-14(11-24-16)7-8-19-17(23)21-9-1-2-15(22)10-21/h3-6,11,15,22H,1-2,7-10H2,(H,19,23). The number of carbonyl (C=O) groups excluding carboxylic acids is 1. The monoisotopic (exact) mass is 333 g/mol. The summed E-state index contributed by atoms with van der Waals surface area (Å²) in [5, 5.41) is 12.4. The molecule has 1 aromatic heterocycles. The van der Waals surface area contributed by atoms with Gasteiger partial charge < -0.3 is 19.7 Å². The molecule has 24 heavy (non-hydrogen) atoms. The summed E-state index contributed by atoms with van der Waals surface area (Å²) >= 11 is 0. The zero-order valence-electron chi connectivity index (χ0n) is 13.2. The second kappa shape index (κ2) is 7.44. The normalized spacial score (nSPS) is 17.8. The van der Waals surface area contributed by atoms with Gasteiger partial charge in [0.2, 0.25) is 5.89 Å². The number of carbonyl (C=O) groups is 1. The third kappa shape index (κ3) is 4.11. The van der Waals surface area contributed by atoms with E-state index in [9.17, 15) is 14.3 Å². The van der Waals surface area contributed by atoms with Gasteiger partial charge in [-0.1, -0.05) is 0 Å². The summed E-state index contributed by atoms with van der Waals surface area (Å²) < 4.78 is 18.3. The van der Waals surface area contributed by atoms with Crippen LogP contribution in [0.2, 0.25) is 0 Å². The van der Waals surface area contributed by atoms with E-state index < -0.39 is 6.10 Å². The first-order valence-electron chi connectivity index (χ1n) is 8.03. The lowest BCUT2D eigenvalue weighted by Crippen LogP contribution is -2.47. The number of nitrogens with zero attached hydrogens (tertiary/aromatic N) is 2. The molecule has 0 bridgehead atoms. The molecule has 1 saturated heterocycles. The Morgan fingerprint density at radius 1 is 1.42 bits per heavy atom. The molecule has 128 valence electrons. The molecule has 3 rings (SSSR count). The fraction of sp³-hybridized carbons (Fsp3) is 0.412. The largest absolute Gasteiger partial charge is 0.444 e. The van der Waals surface area contributed by atoms with E-state index in [-0.39, 0.29) is 11.8 Å². The Kier molecular flexibility index (Phi) is 5.10. The van der Waals surface area contributed by atoms with E-state index in [1.165, 1.54) is 18.4 Å². The minimum absolute atomic E-state index is 0.170. The van der Waals surface area contributed by atoms with E-state index >= 15 is 0 Å². The van der Waals surface area contributed by atoms with Crippen LogP contribution in [0.5, 0.6) is 0 Å². The summed E-state index contributed by atoms with van der Waals surface area (Å²) in [6.07, 6.45) is 3.20. The van der Waals surface area contributed by atoms with Crippen molar-refractivity contribution in [3.8, 4) is 11.5 Å². The number of nitrogens with one attached hydrogen (secondary N) is 1. The number of likely N-dealkylation sites (tertiary alicyclic amines) is 1. The summed E-state index contributed by atoms with van der Waals surface area (Å²) in [6, 6.07) is 5.75. The molecule has 2 N–H and O–H groups in total. The predicted molar refractivity (Wildman–Crippen MR) is 85.8 cm³/mol. The molecule has 2 heterocycles. The summed E-state index contributed by atoms with van der Waals surface area (Å²) in [7, 11) is 0. The van der Waals surface area contributed by atoms with Crippen LogP contribution in [0.1, 0.15) is 18.5 Å². The second-order valence-electron chi connectivity index (χ2n) is 5.87. The molecule has 2 amide bonds. The highest BCUT2D eigenvalue weighted by molar-refractivity contribution is 5.74. The van der Waals surface area contributed by atoms with Crippen LogP contribution < -0.4 is 5.32 Å². The first-order chi connectivity index (χ1) is 11.6. The molecule has 0 saturated carbocycles. The molecule has 0 aliphatic carbocycles. The molecule has 0 radical (unpaired) electrons. The van der Waals surface area contributed by atoms with Crippen molar-refractivity contribution in [3.05, 3.63) is 42.0 Å². The van der Waals surface area contributed by atoms with Gasteiger partial charge in [0.15, 0.2) is 0 Å². The van der Waals surface area contributed by atoms with E-state index in [4.69, 9.17) is 4.42 Å². The number of aliphatic hydroxyl groups is 1. The average molecular weight is 333 g/mol. The van der Waals surface area contributed by atoms with Gasteiger partial charge in [-0.15, -0.1) is 0 Å². The van der Waals surface area contributed by atoms with Crippen molar-refractivity contribution >= 4 is 6.03 Å². The Bertz CT molecular complexity index is 687. The Hall–Kier alpha value is -2.41. The van der Waals surface area contributed by atoms with Crippen molar-refractivity contribution in [1.29, 1.82) is 0 Å². The van der Waals surface area contributed by atoms with Crippen LogP contribution in [-0.4, -0.2) is 46.8 Å². The third-order valence-electron chi connectivity index (χ3n) is 3.98. The molecule has 2 aromatic rings. The van der Waals surface area contributed by atoms with Gasteiger partial charge in [-0.05, 0) is 37.1 Å². The number of benzene rings is 1. The molecule has 7 heteroatoms. The van der Waals surface area contributed by atoms with Gasteiger partial charge in [0, 0.05) is 31.6 Å². The number of amides is 2. The summed E-state index contributed by atoms with van der Waals surface area (Å²) in [4.78, 5) is 18.0. The minimum Gasteiger partial charge on any atom is -0.444 e. The van der Waals surface area contributed by atoms with Gasteiger partial charge in [-0.3, -0.25) is 0 Å². The molecular formula is C17H20FN3O3. The highest BCUT2D eigenvalue weighted by atomic mass is 19.1. The van der Waals surface area contributed by atoms with Crippen molar-refractivity contribution in [1.82, 2.24) is 15.2 Å². The molecule has 6 nitrogen and oxygen atoms in total. The number of hydrogen-bond acceptors (Lipinski definition) is 4. The van der Waals surface area contributed by atoms with Crippen molar-refractivity contribution in [3.63, 3.8) is 0 Å². The van der Waals surface area contributed by atoms with Crippen LogP contribution in [-0.2, 0) is 6.42 Å². The van der Waals surface area contributed by atoms with Crippen LogP contribution >= 0.6 is 0 Å². The smallest absolute Gasteiger partial charge is 0.317 e. The number of oxazole rings is 1. The lowest BCUT2D eigenvalue weighted by molar-refractivity contribution is 0.0843. The summed E-state index contributed by atoms with van der Waals surface area (Å²) in [5.74, 6) is 0.117. The van der Waals surface area contributed by atoms with Crippen molar-refractivity contribution < 1.29 is 18.7 Å². The fourth-order valence-corrected chi connectivity index (χ4v) is 2.70. The number of aromatic nitrogens is 1. The third-order valence-corrected chi connectivity index (χ3v) is 3.98. The first-order valence-corrected chi connectivity index (χ1v) is 8.03. The van der Waals surface area contributed by atoms with Crippen LogP contribution in [0, 0.1) is 5.82 Å². The minimum atomic E-state index is -0.432. The Balaban J connectivity index is 1.49. The van der Waals surface area contributed by atoms with Crippen LogP contribution in [0.4, 0.5) is 9.18 Å². The number of piperidine rings is 1. The Morgan fingerprint density at radius 2 is 2.21 bits per heavy atom. The number of urea groups is 1. The molecular weight excluding hydrogens is 313 g/mol. The molecule has 1 fully saturated rings. The number of aliphatic hydroxyl groups excluding tert-OH is 1. The van der Waals surface area contributed by atoms with Gasteiger partial charge in [-0.25, -0.2) is 14.2 Å². The lowest BCUT2D eigenvalue weighted by Gasteiger charge is -2.30. The van der Waals surface area contributed by atoms with E-state index in [2.05, 4.69) is 10.3 Å². The van der Waals surface area contributed by atoms with E-state index in [1.54, 1.807) is 17.0 Å². The van der Waals surface area contributed by atoms with Crippen LogP contribution in [0.25, 0.3) is 11.5 Å². The highest BCUT2D eigenvalue weighted by Gasteiger charge is 2.21. The highest BCUT2D eigenvalue weighted by Crippen LogP contribution is 2.19. The fourth-order valence-electron chi connectivity index (χ4n) is 2.70. The van der Waals surface area contributed by atoms with Crippen molar-refractivity contribution in [2.24, 2.45) is 0 Å². The molecule has 1 aromatic carbocycles. The zero-order valence-corrected chi connectivity index (χ0v) is 13.2. The molecule has 1 aliphatic rings. The first kappa shape index (κ1) is 16.4. The SMILES string of the molecule is O=C(NCCc1coc(-c2ccc(F)cc2)n1)N1CCCC(O)C1. The lowest BCUT2D eigenvalue weighted by atomic mass is 10.1. The van der Waals surface area contributed by atoms with Crippen molar-refractivity contribution in [2.75, 3.05) is 19.6 Å². The molecule has 1 unspecified atom stereocenters. The topological polar surface area (TPSA) is 78.6 Å². The number of hydrogen-bond donors (Lipinski definition) is 2. The van der Waals surface area contributed by atoms with Crippen LogP contribution in [0.15, 0.2) is 34.9 Å². The maximum Gasteiger partial charge on any atom is 0.317 e. The number of halogens is 1. The van der Waals surface area contributed by atoms with E-state index in [0.717, 1.165) is 12.8 Å². The van der Waals surface area contributed by atoms with Gasteiger partial charge >= 0.3 is 6.03 Å². The molecule has 0 spiro atoms. The summed E-state index contributed by atoms with van der Waals surface area (Å²) in [5.41, 5.74) is 1.42. The summed E-state index contributed by atoms with van der Waals surface area (Å²) in [6.45, 7) is 1.48. The zero-order chi connectivity index (χ0) is 16.9. The molecule has 1 atom stereocenters. The van der Waals surface area contributed by atoms with Gasteiger partial charge in [0.25, 0.3) is 0 Å². The van der Waals surface area contributed by atoms with Gasteiger partial charge in [0.05, 0.1) is 11.8 Å². The Labute approximate surface area is 139 Å². The van der Waals surface area contributed by atoms with Gasteiger partial charge in [0.1, 0.15) is 12.1 Å². The maximum absolute atomic E-state index is 12.9. The van der Waals surface area contributed by atoms with Crippen molar-refractivity contribution in [2.45, 2.75) is 25.4 Å². The van der Waals surface area contributed by atoms with E-state index in [0.29, 0.717) is 43.2 Å². The second-order valence-corrected chi connectivity index (χ2v) is 5.87. The average Bonchev–Trinajstić information content (AvgIpc) is 3.04. The quantitative estimate of drug-likeness (QED) is 0.899.